The van der Waals surface area contributed by atoms with Crippen molar-refractivity contribution in [3.63, 3.8) is 0 Å². The van der Waals surface area contributed by atoms with Gasteiger partial charge >= 0.3 is 0 Å². The fourth-order valence-electron chi connectivity index (χ4n) is 8.89. The number of nitrogens with zero attached hydrogens (tertiary/aromatic N) is 3. The van der Waals surface area contributed by atoms with Gasteiger partial charge in [-0.3, -0.25) is 24.1 Å². The van der Waals surface area contributed by atoms with Crippen molar-refractivity contribution in [2.45, 2.75) is 25.7 Å². The van der Waals surface area contributed by atoms with Crippen molar-refractivity contribution in [2.24, 2.45) is 29.1 Å². The van der Waals surface area contributed by atoms with E-state index in [0.717, 1.165) is 22.2 Å². The van der Waals surface area contributed by atoms with E-state index >= 15 is 0 Å². The van der Waals surface area contributed by atoms with Crippen LogP contribution in [0.15, 0.2) is 119 Å². The fourth-order valence-corrected chi connectivity index (χ4v) is 8.89. The molecule has 4 aromatic carbocycles. The number of fused-ring (bicyclic) bond motifs is 5. The van der Waals surface area contributed by atoms with Crippen molar-refractivity contribution in [1.82, 2.24) is 4.98 Å². The second kappa shape index (κ2) is 10.6. The summed E-state index contributed by atoms with van der Waals surface area (Å²) in [6.45, 7) is 1.86. The van der Waals surface area contributed by atoms with Crippen LogP contribution >= 0.6 is 0 Å². The summed E-state index contributed by atoms with van der Waals surface area (Å²) in [5, 5.41) is 10.1. The highest BCUT2D eigenvalue weighted by Gasteiger charge is 2.67. The normalized spacial score (nSPS) is 27.7. The average Bonchev–Trinajstić information content (AvgIpc) is 3.73. The van der Waals surface area contributed by atoms with Crippen LogP contribution in [0.25, 0.3) is 22.6 Å². The molecule has 1 aromatic heterocycles. The van der Waals surface area contributed by atoms with E-state index < -0.39 is 35.0 Å². The van der Waals surface area contributed by atoms with Crippen LogP contribution in [-0.2, 0) is 19.2 Å². The molecule has 6 unspecified atom stereocenters. The van der Waals surface area contributed by atoms with Crippen molar-refractivity contribution in [3.8, 4) is 17.2 Å². The molecular weight excluding hydrogens is 618 g/mol. The second-order valence-electron chi connectivity index (χ2n) is 13.6. The molecule has 9 heteroatoms. The summed E-state index contributed by atoms with van der Waals surface area (Å²) in [6, 6.07) is 30.2. The van der Waals surface area contributed by atoms with Gasteiger partial charge in [0, 0.05) is 11.5 Å². The van der Waals surface area contributed by atoms with E-state index in [2.05, 4.69) is 4.98 Å². The third kappa shape index (κ3) is 4.14. The van der Waals surface area contributed by atoms with Crippen LogP contribution in [0.1, 0.15) is 31.2 Å². The quantitative estimate of drug-likeness (QED) is 0.171. The number of carbonyl (C=O) groups is 4. The van der Waals surface area contributed by atoms with Gasteiger partial charge in [0.15, 0.2) is 5.58 Å². The monoisotopic (exact) mass is 649 g/mol. The number of carbonyl (C=O) groups excluding carboxylic acids is 4. The van der Waals surface area contributed by atoms with Crippen molar-refractivity contribution >= 4 is 46.1 Å². The van der Waals surface area contributed by atoms with Crippen LogP contribution < -0.4 is 9.80 Å². The molecule has 0 spiro atoms. The van der Waals surface area contributed by atoms with E-state index in [4.69, 9.17) is 4.42 Å². The zero-order chi connectivity index (χ0) is 33.6. The Morgan fingerprint density at radius 1 is 0.755 bits per heavy atom. The first kappa shape index (κ1) is 29.3. The van der Waals surface area contributed by atoms with Gasteiger partial charge < -0.3 is 9.52 Å². The Labute approximate surface area is 281 Å². The number of phenols is 1. The topological polar surface area (TPSA) is 121 Å². The highest BCUT2D eigenvalue weighted by atomic mass is 16.3. The van der Waals surface area contributed by atoms with E-state index in [-0.39, 0.29) is 35.8 Å². The number of aromatic nitrogens is 1. The molecule has 2 aliphatic carbocycles. The summed E-state index contributed by atoms with van der Waals surface area (Å²) >= 11 is 0. The fraction of sp³-hybridized carbons (Fsp3) is 0.225. The number of amides is 4. The number of anilines is 2. The summed E-state index contributed by atoms with van der Waals surface area (Å²) in [5.41, 5.74) is 3.64. The molecule has 0 bridgehead atoms. The maximum absolute atomic E-state index is 14.4. The minimum atomic E-state index is -1.13. The second-order valence-corrected chi connectivity index (χ2v) is 13.6. The van der Waals surface area contributed by atoms with Crippen LogP contribution in [0.5, 0.6) is 5.75 Å². The summed E-state index contributed by atoms with van der Waals surface area (Å²) in [7, 11) is 0. The van der Waals surface area contributed by atoms with Crippen molar-refractivity contribution in [2.75, 3.05) is 9.80 Å². The predicted molar refractivity (Wildman–Crippen MR) is 181 cm³/mol. The molecule has 2 saturated heterocycles. The molecule has 3 fully saturated rings. The molecule has 9 rings (SSSR count). The van der Waals surface area contributed by atoms with E-state index in [1.807, 2.05) is 43.3 Å². The number of hydrogen-bond acceptors (Lipinski definition) is 7. The third-order valence-electron chi connectivity index (χ3n) is 11.2. The third-order valence-corrected chi connectivity index (χ3v) is 11.2. The lowest BCUT2D eigenvalue weighted by atomic mass is 9.51. The maximum Gasteiger partial charge on any atom is 0.241 e. The van der Waals surface area contributed by atoms with Gasteiger partial charge in [-0.2, -0.15) is 0 Å². The standard InChI is InChI=1S/C40H31N3O6/c1-40-30(37(46)43(39(40)48)24-7-3-2-4-8-24)21-29-27(34(40)22-13-17-26(44)18-14-22)19-20-28-33(29)38(47)42(36(28)45)25-15-11-23(12-16-25)35-41-31-9-5-6-10-32(31)49-35/h2-19,28-30,33-34,44H,20-21H2,1H3. The summed E-state index contributed by atoms with van der Waals surface area (Å²) < 4.78 is 5.91. The largest absolute Gasteiger partial charge is 0.508 e. The number of rotatable bonds is 4. The first-order valence-electron chi connectivity index (χ1n) is 16.5. The minimum absolute atomic E-state index is 0.0876. The van der Waals surface area contributed by atoms with Crippen LogP contribution in [0, 0.1) is 29.1 Å². The van der Waals surface area contributed by atoms with Crippen molar-refractivity contribution in [1.29, 1.82) is 0 Å². The maximum atomic E-state index is 14.4. The van der Waals surface area contributed by atoms with Gasteiger partial charge in [0.25, 0.3) is 0 Å². The number of aromatic hydroxyl groups is 1. The van der Waals surface area contributed by atoms with Gasteiger partial charge in [0.2, 0.25) is 29.5 Å². The first-order valence-corrected chi connectivity index (χ1v) is 16.5. The molecule has 242 valence electrons. The summed E-state index contributed by atoms with van der Waals surface area (Å²) in [4.78, 5) is 64.3. The molecule has 4 aliphatic rings. The van der Waals surface area contributed by atoms with E-state index in [0.29, 0.717) is 29.3 Å². The summed E-state index contributed by atoms with van der Waals surface area (Å²) in [6.07, 6.45) is 2.65. The first-order chi connectivity index (χ1) is 23.8. The predicted octanol–water partition coefficient (Wildman–Crippen LogP) is 6.64. The molecule has 4 amide bonds. The van der Waals surface area contributed by atoms with Gasteiger partial charge in [-0.25, -0.2) is 9.88 Å². The van der Waals surface area contributed by atoms with Crippen molar-refractivity contribution < 1.29 is 28.7 Å². The Morgan fingerprint density at radius 3 is 2.18 bits per heavy atom. The zero-order valence-corrected chi connectivity index (χ0v) is 26.5. The Morgan fingerprint density at radius 2 is 1.45 bits per heavy atom. The Hall–Kier alpha value is -5.83. The smallest absolute Gasteiger partial charge is 0.241 e. The molecule has 1 saturated carbocycles. The molecule has 6 atom stereocenters. The highest BCUT2D eigenvalue weighted by molar-refractivity contribution is 6.25. The summed E-state index contributed by atoms with van der Waals surface area (Å²) in [5.74, 6) is -3.56. The molecule has 49 heavy (non-hydrogen) atoms. The molecule has 3 heterocycles. The van der Waals surface area contributed by atoms with Gasteiger partial charge in [-0.1, -0.05) is 54.1 Å². The van der Waals surface area contributed by atoms with Crippen molar-refractivity contribution in [3.05, 3.63) is 120 Å². The van der Waals surface area contributed by atoms with Crippen LogP contribution in [0.4, 0.5) is 11.4 Å². The van der Waals surface area contributed by atoms with Crippen LogP contribution in [-0.4, -0.2) is 33.7 Å². The number of phenolic OH excluding ortho intramolecular Hbond substituents is 1. The SMILES string of the molecule is CC12C(=O)N(c3ccccc3)C(=O)C1CC1C(=CCC3C(=O)N(c4ccc(-c5nc6ccccc6o5)cc4)C(=O)C31)C2c1ccc(O)cc1. The lowest BCUT2D eigenvalue weighted by molar-refractivity contribution is -0.131. The molecular formula is C40H31N3O6. The number of hydrogen-bond donors (Lipinski definition) is 1. The lowest BCUT2D eigenvalue weighted by Crippen LogP contribution is -2.48. The van der Waals surface area contributed by atoms with E-state index in [1.54, 1.807) is 72.8 Å². The lowest BCUT2D eigenvalue weighted by Gasteiger charge is -2.49. The molecule has 9 nitrogen and oxygen atoms in total. The number of allylic oxidation sites excluding steroid dienone is 2. The number of oxazole rings is 1. The van der Waals surface area contributed by atoms with E-state index in [9.17, 15) is 24.3 Å². The average molecular weight is 650 g/mol. The van der Waals surface area contributed by atoms with Crippen LogP contribution in [0.2, 0.25) is 0 Å². The number of para-hydroxylation sites is 3. The van der Waals surface area contributed by atoms with Gasteiger partial charge in [0.05, 0.1) is 34.5 Å². The molecule has 0 radical (unpaired) electrons. The van der Waals surface area contributed by atoms with Gasteiger partial charge in [0.1, 0.15) is 11.3 Å². The zero-order valence-electron chi connectivity index (χ0n) is 26.5. The van der Waals surface area contributed by atoms with Crippen LogP contribution in [0.3, 0.4) is 0 Å². The van der Waals surface area contributed by atoms with Gasteiger partial charge in [-0.15, -0.1) is 0 Å². The Kier molecular flexibility index (Phi) is 6.33. The van der Waals surface area contributed by atoms with Gasteiger partial charge in [-0.05, 0) is 91.9 Å². The highest BCUT2D eigenvalue weighted by Crippen LogP contribution is 2.63. The molecule has 5 aromatic rings. The Bertz CT molecular complexity index is 2190. The van der Waals surface area contributed by atoms with E-state index in [1.165, 1.54) is 9.80 Å². The molecule has 2 aliphatic heterocycles. The molecule has 1 N–H and O–H groups in total. The minimum Gasteiger partial charge on any atom is -0.508 e. The number of imide groups is 2. The number of benzene rings is 4. The Balaban J connectivity index is 1.09.